The Morgan fingerprint density at radius 2 is 1.63 bits per heavy atom. The van der Waals surface area contributed by atoms with E-state index in [0.29, 0.717) is 0 Å². The summed E-state index contributed by atoms with van der Waals surface area (Å²) in [6, 6.07) is 1.14. The lowest BCUT2D eigenvalue weighted by Gasteiger charge is -2.40. The van der Waals surface area contributed by atoms with E-state index in [1.165, 1.54) is 0 Å². The van der Waals surface area contributed by atoms with E-state index in [1.54, 1.807) is 0 Å². The number of halogens is 3. The van der Waals surface area contributed by atoms with Gasteiger partial charge in [0, 0.05) is 5.41 Å². The molecule has 6 nitrogen and oxygen atoms in total. The quantitative estimate of drug-likeness (QED) is 0.291. The number of benzene rings is 1. The van der Waals surface area contributed by atoms with Crippen molar-refractivity contribution in [3.63, 3.8) is 0 Å². The zero-order valence-electron chi connectivity index (χ0n) is 15.6. The summed E-state index contributed by atoms with van der Waals surface area (Å²) in [5, 5.41) is 8.15. The second kappa shape index (κ2) is 8.67. The highest BCUT2D eigenvalue weighted by Crippen LogP contribution is 2.43. The number of hydrogen-bond acceptors (Lipinski definition) is 5. The van der Waals surface area contributed by atoms with E-state index in [9.17, 15) is 14.4 Å². The normalized spacial score (nSPS) is 13.6. The maximum atomic E-state index is 12.7. The van der Waals surface area contributed by atoms with Crippen molar-refractivity contribution in [2.75, 3.05) is 6.61 Å². The number of carbonyl (C=O) groups is 3. The van der Waals surface area contributed by atoms with Crippen LogP contribution in [0.2, 0.25) is 15.1 Å². The maximum absolute atomic E-state index is 12.7. The zero-order chi connectivity index (χ0) is 21.2. The molecular weight excluding hydrogens is 419 g/mol. The molecular formula is C18H21Cl3O6. The number of rotatable bonds is 5. The molecule has 0 amide bonds. The number of esters is 2. The largest absolute Gasteiger partial charge is 0.473 e. The Hall–Kier alpha value is -1.50. The minimum Gasteiger partial charge on any atom is -0.473 e. The summed E-state index contributed by atoms with van der Waals surface area (Å²) in [5.41, 5.74) is -0.928. The zero-order valence-corrected chi connectivity index (χ0v) is 17.9. The van der Waals surface area contributed by atoms with E-state index in [0.717, 1.165) is 12.5 Å². The summed E-state index contributed by atoms with van der Waals surface area (Å²) in [6.45, 7) is 10.1. The monoisotopic (exact) mass is 438 g/mol. The molecule has 0 bridgehead atoms. The van der Waals surface area contributed by atoms with Crippen LogP contribution < -0.4 is 4.74 Å². The minimum absolute atomic E-state index is 0.0542. The fourth-order valence-corrected chi connectivity index (χ4v) is 2.86. The Kier molecular flexibility index (Phi) is 7.56. The van der Waals surface area contributed by atoms with Crippen molar-refractivity contribution in [2.24, 2.45) is 10.8 Å². The SMILES string of the molecule is CCC(C)(COC(=O)c1c(Cl)c(Cl)cc(Cl)c1OC(=O)C(=O)O)C(C)(C)C. The van der Waals surface area contributed by atoms with Gasteiger partial charge >= 0.3 is 17.9 Å². The lowest BCUT2D eigenvalue weighted by molar-refractivity contribution is -0.158. The summed E-state index contributed by atoms with van der Waals surface area (Å²) in [4.78, 5) is 34.9. The Bertz CT molecular complexity index is 769. The van der Waals surface area contributed by atoms with Crippen LogP contribution in [0.3, 0.4) is 0 Å². The molecule has 9 heteroatoms. The number of carbonyl (C=O) groups excluding carboxylic acids is 2. The van der Waals surface area contributed by atoms with Crippen LogP contribution in [0.1, 0.15) is 51.4 Å². The first kappa shape index (κ1) is 23.5. The van der Waals surface area contributed by atoms with Crippen molar-refractivity contribution in [3.05, 3.63) is 26.7 Å². The number of aliphatic carboxylic acids is 1. The van der Waals surface area contributed by atoms with Crippen molar-refractivity contribution in [1.82, 2.24) is 0 Å². The van der Waals surface area contributed by atoms with E-state index in [-0.39, 0.29) is 32.5 Å². The summed E-state index contributed by atoms with van der Waals surface area (Å²) in [7, 11) is 0. The molecule has 1 N–H and O–H groups in total. The number of hydrogen-bond donors (Lipinski definition) is 1. The van der Waals surface area contributed by atoms with Crippen LogP contribution in [-0.2, 0) is 14.3 Å². The molecule has 27 heavy (non-hydrogen) atoms. The topological polar surface area (TPSA) is 89.9 Å². The first-order valence-corrected chi connectivity index (χ1v) is 9.18. The Morgan fingerprint density at radius 1 is 1.07 bits per heavy atom. The number of carboxylic acids is 1. The van der Waals surface area contributed by atoms with E-state index < -0.39 is 29.2 Å². The van der Waals surface area contributed by atoms with Crippen LogP contribution in [0.15, 0.2) is 6.07 Å². The second-order valence-electron chi connectivity index (χ2n) is 7.29. The van der Waals surface area contributed by atoms with Crippen LogP contribution in [0.25, 0.3) is 0 Å². The third-order valence-corrected chi connectivity index (χ3v) is 5.88. The molecule has 1 rings (SSSR count). The lowest BCUT2D eigenvalue weighted by atomic mass is 9.67. The first-order valence-electron chi connectivity index (χ1n) is 8.05. The van der Waals surface area contributed by atoms with Gasteiger partial charge in [0.05, 0.1) is 21.7 Å². The molecule has 1 unspecified atom stereocenters. The van der Waals surface area contributed by atoms with E-state index in [1.807, 2.05) is 34.6 Å². The Labute approximate surface area is 172 Å². The average molecular weight is 440 g/mol. The molecule has 0 radical (unpaired) electrons. The molecule has 1 atom stereocenters. The average Bonchev–Trinajstić information content (AvgIpc) is 2.56. The van der Waals surface area contributed by atoms with Crippen LogP contribution in [0.5, 0.6) is 5.75 Å². The summed E-state index contributed by atoms with van der Waals surface area (Å²) >= 11 is 18.0. The molecule has 0 aliphatic heterocycles. The Balaban J connectivity index is 3.29. The van der Waals surface area contributed by atoms with Gasteiger partial charge in [0.25, 0.3) is 0 Å². The molecule has 150 valence electrons. The van der Waals surface area contributed by atoms with Gasteiger partial charge in [0.15, 0.2) is 5.75 Å². The highest BCUT2D eigenvalue weighted by atomic mass is 35.5. The fourth-order valence-electron chi connectivity index (χ4n) is 2.14. The molecule has 0 saturated heterocycles. The Morgan fingerprint density at radius 3 is 2.07 bits per heavy atom. The predicted molar refractivity (Wildman–Crippen MR) is 103 cm³/mol. The third kappa shape index (κ3) is 5.27. The molecule has 0 heterocycles. The highest BCUT2D eigenvalue weighted by molar-refractivity contribution is 6.46. The van der Waals surface area contributed by atoms with Gasteiger partial charge in [-0.2, -0.15) is 0 Å². The molecule has 0 aromatic heterocycles. The van der Waals surface area contributed by atoms with E-state index in [2.05, 4.69) is 0 Å². The molecule has 0 spiro atoms. The van der Waals surface area contributed by atoms with Crippen molar-refractivity contribution >= 4 is 52.7 Å². The maximum Gasteiger partial charge on any atom is 0.422 e. The summed E-state index contributed by atoms with van der Waals surface area (Å²) in [6.07, 6.45) is 0.731. The van der Waals surface area contributed by atoms with Crippen LogP contribution in [-0.4, -0.2) is 29.6 Å². The number of carboxylic acid groups (broad SMARTS) is 1. The van der Waals surface area contributed by atoms with Gasteiger partial charge in [0.2, 0.25) is 0 Å². The van der Waals surface area contributed by atoms with Gasteiger partial charge in [-0.1, -0.05) is 69.4 Å². The van der Waals surface area contributed by atoms with Gasteiger partial charge in [-0.15, -0.1) is 0 Å². The van der Waals surface area contributed by atoms with E-state index in [4.69, 9.17) is 49.4 Å². The van der Waals surface area contributed by atoms with Gasteiger partial charge in [-0.25, -0.2) is 14.4 Å². The molecule has 1 aromatic carbocycles. The number of ether oxygens (including phenoxy) is 2. The summed E-state index contributed by atoms with van der Waals surface area (Å²) < 4.78 is 10.1. The van der Waals surface area contributed by atoms with Crippen LogP contribution in [0, 0.1) is 10.8 Å². The smallest absolute Gasteiger partial charge is 0.422 e. The standard InChI is InChI=1S/C18H21Cl3O6/c1-6-18(5,17(2,3)4)8-26-15(24)11-12(21)9(19)7-10(20)13(11)27-16(25)14(22)23/h7H,6,8H2,1-5H3,(H,22,23). The van der Waals surface area contributed by atoms with Gasteiger partial charge < -0.3 is 14.6 Å². The lowest BCUT2D eigenvalue weighted by Crippen LogP contribution is -2.37. The van der Waals surface area contributed by atoms with Crippen LogP contribution in [0.4, 0.5) is 0 Å². The predicted octanol–water partition coefficient (Wildman–Crippen LogP) is 5.26. The van der Waals surface area contributed by atoms with Crippen molar-refractivity contribution < 1.29 is 29.0 Å². The highest BCUT2D eigenvalue weighted by Gasteiger charge is 2.38. The summed E-state index contributed by atoms with van der Waals surface area (Å²) in [5.74, 6) is -4.93. The van der Waals surface area contributed by atoms with Crippen LogP contribution >= 0.6 is 34.8 Å². The van der Waals surface area contributed by atoms with Gasteiger partial charge in [-0.05, 0) is 17.9 Å². The van der Waals surface area contributed by atoms with E-state index >= 15 is 0 Å². The fraction of sp³-hybridized carbons (Fsp3) is 0.500. The molecule has 0 saturated carbocycles. The molecule has 0 aliphatic carbocycles. The van der Waals surface area contributed by atoms with Crippen molar-refractivity contribution in [2.45, 2.75) is 41.0 Å². The first-order chi connectivity index (χ1) is 12.2. The van der Waals surface area contributed by atoms with Gasteiger partial charge in [-0.3, -0.25) is 0 Å². The second-order valence-corrected chi connectivity index (χ2v) is 8.49. The molecule has 1 aromatic rings. The van der Waals surface area contributed by atoms with Crippen molar-refractivity contribution in [3.8, 4) is 5.75 Å². The van der Waals surface area contributed by atoms with Gasteiger partial charge in [0.1, 0.15) is 5.56 Å². The molecule has 0 fully saturated rings. The molecule has 0 aliphatic rings. The van der Waals surface area contributed by atoms with Crippen molar-refractivity contribution in [1.29, 1.82) is 0 Å². The third-order valence-electron chi connectivity index (χ3n) is 4.81. The minimum atomic E-state index is -1.86.